The standard InChI is InChI=1S/C26H31F2N5O2/c1-17(34)32-23(12-18-10-21(27)14-22(28)11-18)24(35)15-30-26(8-3-2-4-9-26)20-7-5-6-19(13-20)25-29-16-31-33-25/h5-7,10-11,13-14,16,23-24,30,35H,2-4,8-9,12,15H2,1H3,(H,32,34)(H,29,31,33). The molecule has 2 aromatic carbocycles. The zero-order valence-corrected chi connectivity index (χ0v) is 19.7. The second-order valence-electron chi connectivity index (χ2n) is 9.30. The molecule has 1 aliphatic rings. The predicted octanol–water partition coefficient (Wildman–Crippen LogP) is 3.61. The SMILES string of the molecule is CC(=O)NC(Cc1cc(F)cc(F)c1)C(O)CNC1(c2cccc(-c3nnc[nH]3)c2)CCCCC1. The number of aliphatic hydroxyl groups excluding tert-OH is 1. The summed E-state index contributed by atoms with van der Waals surface area (Å²) in [5.41, 5.74) is 2.05. The zero-order valence-electron chi connectivity index (χ0n) is 19.7. The summed E-state index contributed by atoms with van der Waals surface area (Å²) in [6, 6.07) is 10.7. The van der Waals surface area contributed by atoms with Crippen LogP contribution in [-0.4, -0.2) is 44.9 Å². The van der Waals surface area contributed by atoms with Crippen LogP contribution in [0.4, 0.5) is 8.78 Å². The number of carbonyl (C=O) groups excluding carboxylic acids is 1. The Morgan fingerprint density at radius 1 is 1.14 bits per heavy atom. The van der Waals surface area contributed by atoms with Crippen LogP contribution in [0.2, 0.25) is 0 Å². The number of H-pyrrole nitrogens is 1. The normalized spacial score (nSPS) is 17.0. The highest BCUT2D eigenvalue weighted by Crippen LogP contribution is 2.38. The molecule has 1 saturated carbocycles. The van der Waals surface area contributed by atoms with Crippen LogP contribution in [0.1, 0.15) is 50.2 Å². The summed E-state index contributed by atoms with van der Waals surface area (Å²) in [4.78, 5) is 14.9. The lowest BCUT2D eigenvalue weighted by molar-refractivity contribution is -0.120. The van der Waals surface area contributed by atoms with Crippen molar-refractivity contribution in [3.05, 3.63) is 71.6 Å². The molecule has 186 valence electrons. The highest BCUT2D eigenvalue weighted by atomic mass is 19.1. The maximum absolute atomic E-state index is 13.7. The number of aromatic nitrogens is 3. The minimum absolute atomic E-state index is 0.102. The van der Waals surface area contributed by atoms with Gasteiger partial charge in [-0.2, -0.15) is 0 Å². The van der Waals surface area contributed by atoms with Crippen LogP contribution in [0.15, 0.2) is 48.8 Å². The van der Waals surface area contributed by atoms with Gasteiger partial charge in [-0.1, -0.05) is 37.5 Å². The van der Waals surface area contributed by atoms with Crippen LogP contribution in [0, 0.1) is 11.6 Å². The monoisotopic (exact) mass is 483 g/mol. The fourth-order valence-electron chi connectivity index (χ4n) is 5.00. The number of nitrogens with one attached hydrogen (secondary N) is 3. The van der Waals surface area contributed by atoms with Crippen LogP contribution in [-0.2, 0) is 16.8 Å². The van der Waals surface area contributed by atoms with Crippen molar-refractivity contribution in [2.45, 2.75) is 63.1 Å². The first-order chi connectivity index (χ1) is 16.8. The van der Waals surface area contributed by atoms with Crippen LogP contribution < -0.4 is 10.6 Å². The number of amides is 1. The average molecular weight is 484 g/mol. The van der Waals surface area contributed by atoms with Gasteiger partial charge in [-0.15, -0.1) is 10.2 Å². The quantitative estimate of drug-likeness (QED) is 0.372. The van der Waals surface area contributed by atoms with Gasteiger partial charge >= 0.3 is 0 Å². The van der Waals surface area contributed by atoms with Crippen molar-refractivity contribution < 1.29 is 18.7 Å². The molecule has 2 unspecified atom stereocenters. The van der Waals surface area contributed by atoms with Crippen molar-refractivity contribution in [3.8, 4) is 11.4 Å². The van der Waals surface area contributed by atoms with Crippen molar-refractivity contribution in [1.82, 2.24) is 25.8 Å². The molecule has 0 radical (unpaired) electrons. The van der Waals surface area contributed by atoms with Gasteiger partial charge in [0.25, 0.3) is 0 Å². The van der Waals surface area contributed by atoms with Crippen LogP contribution >= 0.6 is 0 Å². The molecule has 3 aromatic rings. The number of aliphatic hydroxyl groups is 1. The van der Waals surface area contributed by atoms with E-state index in [1.165, 1.54) is 19.1 Å². The second-order valence-corrected chi connectivity index (χ2v) is 9.30. The van der Waals surface area contributed by atoms with Crippen molar-refractivity contribution in [2.24, 2.45) is 0 Å². The summed E-state index contributed by atoms with van der Waals surface area (Å²) >= 11 is 0. The van der Waals surface area contributed by atoms with Gasteiger partial charge in [-0.25, -0.2) is 8.78 Å². The Hall–Kier alpha value is -3.17. The second kappa shape index (κ2) is 11.0. The van der Waals surface area contributed by atoms with Crippen molar-refractivity contribution >= 4 is 5.91 Å². The Morgan fingerprint density at radius 2 is 1.89 bits per heavy atom. The van der Waals surface area contributed by atoms with E-state index in [0.717, 1.165) is 49.3 Å². The smallest absolute Gasteiger partial charge is 0.217 e. The first kappa shape index (κ1) is 24.9. The molecule has 0 aliphatic heterocycles. The summed E-state index contributed by atoms with van der Waals surface area (Å²) in [6.07, 6.45) is 5.72. The third-order valence-corrected chi connectivity index (χ3v) is 6.69. The molecule has 1 amide bonds. The minimum Gasteiger partial charge on any atom is -0.390 e. The number of hydrogen-bond acceptors (Lipinski definition) is 5. The molecule has 4 rings (SSSR count). The predicted molar refractivity (Wildman–Crippen MR) is 128 cm³/mol. The number of aromatic amines is 1. The molecule has 1 aliphatic carbocycles. The van der Waals surface area contributed by atoms with Crippen molar-refractivity contribution in [2.75, 3.05) is 6.54 Å². The molecule has 35 heavy (non-hydrogen) atoms. The van der Waals surface area contributed by atoms with Gasteiger partial charge in [0.1, 0.15) is 18.0 Å². The molecule has 0 bridgehead atoms. The Kier molecular flexibility index (Phi) is 7.87. The highest BCUT2D eigenvalue weighted by Gasteiger charge is 2.35. The maximum Gasteiger partial charge on any atom is 0.217 e. The van der Waals surface area contributed by atoms with E-state index < -0.39 is 23.8 Å². The largest absolute Gasteiger partial charge is 0.390 e. The number of benzene rings is 2. The lowest BCUT2D eigenvalue weighted by atomic mass is 9.76. The molecule has 1 aromatic heterocycles. The molecule has 0 spiro atoms. The molecule has 1 heterocycles. The van der Waals surface area contributed by atoms with Gasteiger partial charge < -0.3 is 20.7 Å². The number of halogens is 2. The van der Waals surface area contributed by atoms with Gasteiger partial charge in [0.15, 0.2) is 5.82 Å². The third kappa shape index (κ3) is 6.29. The number of rotatable bonds is 9. The van der Waals surface area contributed by atoms with E-state index in [-0.39, 0.29) is 24.4 Å². The van der Waals surface area contributed by atoms with Crippen molar-refractivity contribution in [3.63, 3.8) is 0 Å². The summed E-state index contributed by atoms with van der Waals surface area (Å²) in [7, 11) is 0. The lowest BCUT2D eigenvalue weighted by Crippen LogP contribution is -2.53. The first-order valence-electron chi connectivity index (χ1n) is 12.0. The summed E-state index contributed by atoms with van der Waals surface area (Å²) in [5, 5.41) is 25.4. The number of nitrogens with zero attached hydrogens (tertiary/aromatic N) is 2. The van der Waals surface area contributed by atoms with Crippen molar-refractivity contribution in [1.29, 1.82) is 0 Å². The van der Waals surface area contributed by atoms with Gasteiger partial charge in [0.05, 0.1) is 12.1 Å². The summed E-state index contributed by atoms with van der Waals surface area (Å²) in [5.74, 6) is -1.02. The van der Waals surface area contributed by atoms with Crippen LogP contribution in [0.25, 0.3) is 11.4 Å². The Bertz CT molecular complexity index is 1110. The Balaban J connectivity index is 1.53. The minimum atomic E-state index is -0.971. The zero-order chi connectivity index (χ0) is 24.8. The van der Waals surface area contributed by atoms with E-state index >= 15 is 0 Å². The molecule has 4 N–H and O–H groups in total. The summed E-state index contributed by atoms with van der Waals surface area (Å²) < 4.78 is 27.4. The van der Waals surface area contributed by atoms with E-state index in [1.54, 1.807) is 6.33 Å². The van der Waals surface area contributed by atoms with Gasteiger partial charge in [-0.05, 0) is 48.6 Å². The van der Waals surface area contributed by atoms with Crippen LogP contribution in [0.5, 0.6) is 0 Å². The van der Waals surface area contributed by atoms with E-state index in [1.807, 2.05) is 12.1 Å². The Labute approximate surface area is 203 Å². The van der Waals surface area contributed by atoms with E-state index in [2.05, 4.69) is 37.9 Å². The van der Waals surface area contributed by atoms with Gasteiger partial charge in [0, 0.05) is 30.6 Å². The molecular formula is C26H31F2N5O2. The molecule has 2 atom stereocenters. The van der Waals surface area contributed by atoms with E-state index in [9.17, 15) is 18.7 Å². The van der Waals surface area contributed by atoms with Gasteiger partial charge in [0.2, 0.25) is 5.91 Å². The van der Waals surface area contributed by atoms with Crippen LogP contribution in [0.3, 0.4) is 0 Å². The molecule has 1 fully saturated rings. The van der Waals surface area contributed by atoms with Gasteiger partial charge in [-0.3, -0.25) is 4.79 Å². The Morgan fingerprint density at radius 3 is 2.54 bits per heavy atom. The van der Waals surface area contributed by atoms with E-state index in [0.29, 0.717) is 11.4 Å². The molecule has 9 heteroatoms. The fraction of sp³-hybridized carbons (Fsp3) is 0.423. The number of hydrogen-bond donors (Lipinski definition) is 4. The molecule has 0 saturated heterocycles. The summed E-state index contributed by atoms with van der Waals surface area (Å²) in [6.45, 7) is 1.56. The highest BCUT2D eigenvalue weighted by molar-refractivity contribution is 5.73. The van der Waals surface area contributed by atoms with E-state index in [4.69, 9.17) is 0 Å². The topological polar surface area (TPSA) is 103 Å². The maximum atomic E-state index is 13.7. The first-order valence-corrected chi connectivity index (χ1v) is 12.0. The fourth-order valence-corrected chi connectivity index (χ4v) is 5.00. The molecule has 7 nitrogen and oxygen atoms in total. The lowest BCUT2D eigenvalue weighted by Gasteiger charge is -2.40. The number of carbonyl (C=O) groups is 1. The average Bonchev–Trinajstić information content (AvgIpc) is 3.37. The molecular weight excluding hydrogens is 452 g/mol. The third-order valence-electron chi connectivity index (χ3n) is 6.69.